The summed E-state index contributed by atoms with van der Waals surface area (Å²) >= 11 is 0. The quantitative estimate of drug-likeness (QED) is 0.494. The highest BCUT2D eigenvalue weighted by Gasteiger charge is 2.02. The van der Waals surface area contributed by atoms with Crippen molar-refractivity contribution in [2.24, 2.45) is 11.8 Å². The lowest BCUT2D eigenvalue weighted by Crippen LogP contribution is -2.04. The van der Waals surface area contributed by atoms with Crippen molar-refractivity contribution in [1.82, 2.24) is 0 Å². The Kier molecular flexibility index (Phi) is 3.94. The normalized spacial score (nSPS) is 18.0. The molecule has 0 fully saturated rings. The van der Waals surface area contributed by atoms with E-state index in [1.54, 1.807) is 0 Å². The minimum absolute atomic E-state index is 0.806. The van der Waals surface area contributed by atoms with E-state index in [-0.39, 0.29) is 0 Å². The highest BCUT2D eigenvalue weighted by molar-refractivity contribution is 4.60. The molecule has 0 saturated carbocycles. The van der Waals surface area contributed by atoms with Crippen LogP contribution in [0.5, 0.6) is 0 Å². The van der Waals surface area contributed by atoms with Gasteiger partial charge in [-0.15, -0.1) is 0 Å². The maximum absolute atomic E-state index is 3.85. The molecule has 0 aromatic rings. The van der Waals surface area contributed by atoms with Crippen LogP contribution < -0.4 is 0 Å². The van der Waals surface area contributed by atoms with Gasteiger partial charge in [-0.3, -0.25) is 0 Å². The minimum atomic E-state index is 0.806. The van der Waals surface area contributed by atoms with Crippen molar-refractivity contribution in [2.75, 3.05) is 0 Å². The highest BCUT2D eigenvalue weighted by atomic mass is 14.1. The largest absolute Gasteiger partial charge is 0.343 e. The fraction of sp³-hybridized carbons (Fsp3) is 0.875. The molecule has 0 aromatic carbocycles. The third-order valence-corrected chi connectivity index (χ3v) is 2.07. The predicted octanol–water partition coefficient (Wildman–Crippen LogP) is 2.89. The predicted molar refractivity (Wildman–Crippen MR) is 38.6 cm³/mol. The maximum Gasteiger partial charge on any atom is -0.0444 e. The molecule has 0 N–H and O–H groups in total. The minimum Gasteiger partial charge on any atom is -0.343 e. The van der Waals surface area contributed by atoms with Gasteiger partial charge in [0.1, 0.15) is 0 Å². The van der Waals surface area contributed by atoms with E-state index in [9.17, 15) is 0 Å². The van der Waals surface area contributed by atoms with E-state index in [4.69, 9.17) is 0 Å². The summed E-state index contributed by atoms with van der Waals surface area (Å²) in [5.74, 6) is 1.66. The van der Waals surface area contributed by atoms with E-state index in [2.05, 4.69) is 27.7 Å². The summed E-state index contributed by atoms with van der Waals surface area (Å²) in [6.07, 6.45) is 2.37. The first-order chi connectivity index (χ1) is 3.72. The molecule has 0 amide bonds. The van der Waals surface area contributed by atoms with Crippen LogP contribution in [-0.2, 0) is 0 Å². The number of hydrogen-bond donors (Lipinski definition) is 0. The smallest absolute Gasteiger partial charge is 0.0444 e. The molecule has 8 heavy (non-hydrogen) atoms. The molecule has 0 heterocycles. The Balaban J connectivity index is 3.29. The summed E-state index contributed by atoms with van der Waals surface area (Å²) in [5.41, 5.74) is 0. The van der Waals surface area contributed by atoms with Gasteiger partial charge in [0.25, 0.3) is 0 Å². The molecule has 50 valence electrons. The van der Waals surface area contributed by atoms with E-state index in [1.807, 2.05) is 0 Å². The van der Waals surface area contributed by atoms with Crippen molar-refractivity contribution >= 4 is 0 Å². The Morgan fingerprint density at radius 3 is 1.88 bits per heavy atom. The van der Waals surface area contributed by atoms with Crippen LogP contribution in [0.15, 0.2) is 0 Å². The molecular weight excluding hydrogens is 96.1 g/mol. The van der Waals surface area contributed by atoms with Crippen molar-refractivity contribution in [2.45, 2.75) is 33.6 Å². The SMILES string of the molecule is [CH2-]CC(C)C(C)CC. The van der Waals surface area contributed by atoms with Crippen molar-refractivity contribution in [3.05, 3.63) is 6.92 Å². The zero-order valence-corrected chi connectivity index (χ0v) is 6.28. The summed E-state index contributed by atoms with van der Waals surface area (Å²) in [6.45, 7) is 10.6. The monoisotopic (exact) mass is 113 g/mol. The molecule has 0 bridgehead atoms. The average molecular weight is 113 g/mol. The zero-order chi connectivity index (χ0) is 6.57. The third kappa shape index (κ3) is 2.34. The summed E-state index contributed by atoms with van der Waals surface area (Å²) in [5, 5.41) is 0. The van der Waals surface area contributed by atoms with Crippen molar-refractivity contribution in [3.8, 4) is 0 Å². The number of rotatable bonds is 3. The van der Waals surface area contributed by atoms with Crippen LogP contribution in [0.1, 0.15) is 33.6 Å². The van der Waals surface area contributed by atoms with Crippen molar-refractivity contribution in [3.63, 3.8) is 0 Å². The first-order valence-corrected chi connectivity index (χ1v) is 3.51. The molecule has 0 nitrogen and oxygen atoms in total. The lowest BCUT2D eigenvalue weighted by atomic mass is 9.92. The second-order valence-corrected chi connectivity index (χ2v) is 2.65. The molecule has 0 aliphatic heterocycles. The van der Waals surface area contributed by atoms with E-state index < -0.39 is 0 Å². The topological polar surface area (TPSA) is 0 Å². The molecule has 2 atom stereocenters. The second-order valence-electron chi connectivity index (χ2n) is 2.65. The molecule has 0 aromatic heterocycles. The summed E-state index contributed by atoms with van der Waals surface area (Å²) in [4.78, 5) is 0. The third-order valence-electron chi connectivity index (χ3n) is 2.07. The standard InChI is InChI=1S/C8H17/c1-5-7(3)8(4)6-2/h7-8H,1,5-6H2,2-4H3/q-1. The molecular formula is C8H17-. The summed E-state index contributed by atoms with van der Waals surface area (Å²) in [6, 6.07) is 0. The summed E-state index contributed by atoms with van der Waals surface area (Å²) in [7, 11) is 0. The van der Waals surface area contributed by atoms with Gasteiger partial charge in [0.05, 0.1) is 0 Å². The summed E-state index contributed by atoms with van der Waals surface area (Å²) < 4.78 is 0. The van der Waals surface area contributed by atoms with Gasteiger partial charge in [0, 0.05) is 0 Å². The van der Waals surface area contributed by atoms with Crippen LogP contribution in [0.4, 0.5) is 0 Å². The van der Waals surface area contributed by atoms with E-state index >= 15 is 0 Å². The van der Waals surface area contributed by atoms with Gasteiger partial charge in [-0.1, -0.05) is 33.1 Å². The van der Waals surface area contributed by atoms with Crippen LogP contribution in [0.25, 0.3) is 0 Å². The van der Waals surface area contributed by atoms with Gasteiger partial charge < -0.3 is 6.92 Å². The van der Waals surface area contributed by atoms with Gasteiger partial charge in [-0.05, 0) is 5.92 Å². The molecule has 0 aliphatic rings. The van der Waals surface area contributed by atoms with Crippen LogP contribution in [-0.4, -0.2) is 0 Å². The van der Waals surface area contributed by atoms with Crippen LogP contribution in [0, 0.1) is 18.8 Å². The van der Waals surface area contributed by atoms with Gasteiger partial charge in [-0.25, -0.2) is 0 Å². The Labute approximate surface area is 53.3 Å². The van der Waals surface area contributed by atoms with Crippen LogP contribution in [0.2, 0.25) is 0 Å². The Morgan fingerprint density at radius 2 is 1.75 bits per heavy atom. The molecule has 0 saturated heterocycles. The van der Waals surface area contributed by atoms with Crippen molar-refractivity contribution < 1.29 is 0 Å². The van der Waals surface area contributed by atoms with Gasteiger partial charge in [0.2, 0.25) is 0 Å². The first-order valence-electron chi connectivity index (χ1n) is 3.51. The molecule has 0 rings (SSSR count). The first kappa shape index (κ1) is 8.00. The van der Waals surface area contributed by atoms with Crippen molar-refractivity contribution in [1.29, 1.82) is 0 Å². The fourth-order valence-corrected chi connectivity index (χ4v) is 0.687. The molecule has 0 aliphatic carbocycles. The molecule has 0 heteroatoms. The Bertz CT molecular complexity index is 40.0. The maximum atomic E-state index is 3.85. The highest BCUT2D eigenvalue weighted by Crippen LogP contribution is 2.16. The average Bonchev–Trinajstić information content (AvgIpc) is 1.84. The molecule has 0 radical (unpaired) electrons. The Hall–Kier alpha value is 0. The number of hydrogen-bond acceptors (Lipinski definition) is 0. The van der Waals surface area contributed by atoms with Crippen LogP contribution in [0.3, 0.4) is 0 Å². The van der Waals surface area contributed by atoms with Gasteiger partial charge >= 0.3 is 0 Å². The second kappa shape index (κ2) is 3.94. The van der Waals surface area contributed by atoms with E-state index in [1.165, 1.54) is 6.42 Å². The fourth-order valence-electron chi connectivity index (χ4n) is 0.687. The lowest BCUT2D eigenvalue weighted by molar-refractivity contribution is 0.379. The van der Waals surface area contributed by atoms with Crippen LogP contribution >= 0.6 is 0 Å². The van der Waals surface area contributed by atoms with E-state index in [0.29, 0.717) is 0 Å². The molecule has 0 spiro atoms. The Morgan fingerprint density at radius 1 is 1.25 bits per heavy atom. The molecule has 2 unspecified atom stereocenters. The van der Waals surface area contributed by atoms with Gasteiger partial charge in [-0.2, -0.15) is 6.42 Å². The van der Waals surface area contributed by atoms with E-state index in [0.717, 1.165) is 18.3 Å². The lowest BCUT2D eigenvalue weighted by Gasteiger charge is -2.18. The van der Waals surface area contributed by atoms with Gasteiger partial charge in [0.15, 0.2) is 0 Å². The zero-order valence-electron chi connectivity index (χ0n) is 6.28.